The molecular formula is C14H23NS2. The van der Waals surface area contributed by atoms with Crippen LogP contribution in [-0.2, 0) is 0 Å². The van der Waals surface area contributed by atoms with Gasteiger partial charge in [-0.15, -0.1) is 0 Å². The van der Waals surface area contributed by atoms with Gasteiger partial charge < -0.3 is 5.32 Å². The average molecular weight is 269 g/mol. The molecule has 0 saturated heterocycles. The summed E-state index contributed by atoms with van der Waals surface area (Å²) < 4.78 is 0. The topological polar surface area (TPSA) is 12.0 Å². The first kappa shape index (κ1) is 13.4. The Morgan fingerprint density at radius 1 is 1.47 bits per heavy atom. The van der Waals surface area contributed by atoms with Crippen LogP contribution < -0.4 is 5.32 Å². The first-order chi connectivity index (χ1) is 8.40. The third-order valence-electron chi connectivity index (χ3n) is 3.39. The molecule has 3 heteroatoms. The first-order valence-electron chi connectivity index (χ1n) is 6.77. The van der Waals surface area contributed by atoms with Crippen LogP contribution in [0.3, 0.4) is 0 Å². The van der Waals surface area contributed by atoms with Crippen LogP contribution in [0.15, 0.2) is 16.8 Å². The second-order valence-electron chi connectivity index (χ2n) is 4.80. The molecule has 1 aromatic heterocycles. The Morgan fingerprint density at radius 3 is 2.94 bits per heavy atom. The fourth-order valence-corrected chi connectivity index (χ4v) is 4.51. The molecule has 0 aliphatic heterocycles. The first-order valence-corrected chi connectivity index (χ1v) is 8.76. The van der Waals surface area contributed by atoms with E-state index < -0.39 is 0 Å². The minimum atomic E-state index is 0.562. The molecule has 1 aliphatic carbocycles. The molecule has 1 nitrogen and oxygen atoms in total. The number of rotatable bonds is 7. The van der Waals surface area contributed by atoms with E-state index in [0.29, 0.717) is 6.04 Å². The van der Waals surface area contributed by atoms with Gasteiger partial charge in [-0.05, 0) is 48.2 Å². The van der Waals surface area contributed by atoms with Crippen molar-refractivity contribution in [1.82, 2.24) is 5.32 Å². The summed E-state index contributed by atoms with van der Waals surface area (Å²) in [6.45, 7) is 3.37. The molecule has 17 heavy (non-hydrogen) atoms. The quantitative estimate of drug-likeness (QED) is 0.784. The Hall–Kier alpha value is 0.01000. The smallest absolute Gasteiger partial charge is 0.0420 e. The normalized spacial score (nSPS) is 18.6. The Kier molecular flexibility index (Phi) is 5.89. The van der Waals surface area contributed by atoms with Gasteiger partial charge >= 0.3 is 0 Å². The molecule has 2 rings (SSSR count). The molecule has 0 amide bonds. The van der Waals surface area contributed by atoms with E-state index in [1.54, 1.807) is 0 Å². The summed E-state index contributed by atoms with van der Waals surface area (Å²) in [5.74, 6) is 1.24. The molecule has 1 saturated carbocycles. The van der Waals surface area contributed by atoms with E-state index in [1.807, 2.05) is 11.3 Å². The molecule has 0 aromatic carbocycles. The second-order valence-corrected chi connectivity index (χ2v) is 6.92. The number of thioether (sulfide) groups is 1. The molecule has 96 valence electrons. The molecule has 1 N–H and O–H groups in total. The fourth-order valence-electron chi connectivity index (χ4n) is 2.35. The Balaban J connectivity index is 1.82. The predicted molar refractivity (Wildman–Crippen MR) is 80.1 cm³/mol. The highest BCUT2D eigenvalue weighted by atomic mass is 32.2. The van der Waals surface area contributed by atoms with Gasteiger partial charge in [0.05, 0.1) is 0 Å². The van der Waals surface area contributed by atoms with Gasteiger partial charge in [-0.3, -0.25) is 0 Å². The summed E-state index contributed by atoms with van der Waals surface area (Å²) in [4.78, 5) is 0. The third-order valence-corrected chi connectivity index (χ3v) is 5.56. The van der Waals surface area contributed by atoms with E-state index in [2.05, 4.69) is 40.8 Å². The van der Waals surface area contributed by atoms with Crippen LogP contribution in [0.4, 0.5) is 0 Å². The number of thiophene rings is 1. The van der Waals surface area contributed by atoms with Crippen LogP contribution in [-0.4, -0.2) is 17.5 Å². The second kappa shape index (κ2) is 7.45. The Morgan fingerprint density at radius 2 is 2.29 bits per heavy atom. The van der Waals surface area contributed by atoms with Crippen LogP contribution in [0.1, 0.15) is 50.6 Å². The maximum absolute atomic E-state index is 3.68. The zero-order valence-corrected chi connectivity index (χ0v) is 12.3. The Labute approximate surface area is 113 Å². The van der Waals surface area contributed by atoms with Crippen molar-refractivity contribution in [3.8, 4) is 0 Å². The van der Waals surface area contributed by atoms with E-state index in [1.165, 1.54) is 43.4 Å². The van der Waals surface area contributed by atoms with E-state index in [-0.39, 0.29) is 0 Å². The summed E-state index contributed by atoms with van der Waals surface area (Å²) in [7, 11) is 0. The maximum atomic E-state index is 3.68. The molecule has 1 aromatic rings. The number of nitrogens with one attached hydrogen (secondary N) is 1. The van der Waals surface area contributed by atoms with E-state index in [4.69, 9.17) is 0 Å². The van der Waals surface area contributed by atoms with Crippen molar-refractivity contribution in [2.24, 2.45) is 0 Å². The zero-order chi connectivity index (χ0) is 11.9. The monoisotopic (exact) mass is 269 g/mol. The van der Waals surface area contributed by atoms with Crippen molar-refractivity contribution >= 4 is 23.1 Å². The molecule has 1 fully saturated rings. The van der Waals surface area contributed by atoms with Crippen LogP contribution in [0.5, 0.6) is 0 Å². The van der Waals surface area contributed by atoms with Gasteiger partial charge in [0.1, 0.15) is 0 Å². The van der Waals surface area contributed by atoms with E-state index in [0.717, 1.165) is 11.8 Å². The Bertz CT molecular complexity index is 291. The lowest BCUT2D eigenvalue weighted by Crippen LogP contribution is -2.24. The standard InChI is InChI=1S/C14H23NS2/c1-2-8-15-14(12-7-9-16-10-12)11-17-13-5-3-4-6-13/h7,9-10,13-15H,2-6,8,11H2,1H3. The zero-order valence-electron chi connectivity index (χ0n) is 10.7. The molecule has 0 bridgehead atoms. The van der Waals surface area contributed by atoms with E-state index >= 15 is 0 Å². The molecule has 1 aliphatic rings. The van der Waals surface area contributed by atoms with Gasteiger partial charge in [-0.2, -0.15) is 23.1 Å². The molecule has 0 spiro atoms. The summed E-state index contributed by atoms with van der Waals surface area (Å²) in [5.41, 5.74) is 1.48. The van der Waals surface area contributed by atoms with Gasteiger partial charge in [-0.1, -0.05) is 19.8 Å². The van der Waals surface area contributed by atoms with Gasteiger partial charge in [0.15, 0.2) is 0 Å². The largest absolute Gasteiger partial charge is 0.309 e. The van der Waals surface area contributed by atoms with Crippen LogP contribution >= 0.6 is 23.1 Å². The molecular weight excluding hydrogens is 246 g/mol. The van der Waals surface area contributed by atoms with Gasteiger partial charge in [0.2, 0.25) is 0 Å². The highest BCUT2D eigenvalue weighted by Crippen LogP contribution is 2.32. The van der Waals surface area contributed by atoms with Crippen molar-refractivity contribution in [3.05, 3.63) is 22.4 Å². The van der Waals surface area contributed by atoms with Crippen LogP contribution in [0, 0.1) is 0 Å². The summed E-state index contributed by atoms with van der Waals surface area (Å²) >= 11 is 3.99. The van der Waals surface area contributed by atoms with Crippen LogP contribution in [0.2, 0.25) is 0 Å². The van der Waals surface area contributed by atoms with E-state index in [9.17, 15) is 0 Å². The molecule has 1 atom stereocenters. The van der Waals surface area contributed by atoms with Crippen LogP contribution in [0.25, 0.3) is 0 Å². The minimum Gasteiger partial charge on any atom is -0.309 e. The third kappa shape index (κ3) is 4.31. The summed E-state index contributed by atoms with van der Waals surface area (Å²) in [5, 5.41) is 9.10. The van der Waals surface area contributed by atoms with Gasteiger partial charge in [0, 0.05) is 17.0 Å². The molecule has 1 heterocycles. The van der Waals surface area contributed by atoms with Crippen molar-refractivity contribution < 1.29 is 0 Å². The highest BCUT2D eigenvalue weighted by molar-refractivity contribution is 7.99. The van der Waals surface area contributed by atoms with Gasteiger partial charge in [0.25, 0.3) is 0 Å². The lowest BCUT2D eigenvalue weighted by atomic mass is 10.2. The van der Waals surface area contributed by atoms with Crippen molar-refractivity contribution in [2.75, 3.05) is 12.3 Å². The average Bonchev–Trinajstić information content (AvgIpc) is 3.01. The number of hydrogen-bond donors (Lipinski definition) is 1. The summed E-state index contributed by atoms with van der Waals surface area (Å²) in [6, 6.07) is 2.83. The van der Waals surface area contributed by atoms with Crippen molar-refractivity contribution in [1.29, 1.82) is 0 Å². The molecule has 1 unspecified atom stereocenters. The highest BCUT2D eigenvalue weighted by Gasteiger charge is 2.18. The van der Waals surface area contributed by atoms with Gasteiger partial charge in [-0.25, -0.2) is 0 Å². The lowest BCUT2D eigenvalue weighted by molar-refractivity contribution is 0.578. The van der Waals surface area contributed by atoms with Crippen molar-refractivity contribution in [2.45, 2.75) is 50.3 Å². The predicted octanol–water partition coefficient (Wildman–Crippen LogP) is 4.46. The fraction of sp³-hybridized carbons (Fsp3) is 0.714. The maximum Gasteiger partial charge on any atom is 0.0420 e. The number of hydrogen-bond acceptors (Lipinski definition) is 3. The minimum absolute atomic E-state index is 0.562. The molecule has 0 radical (unpaired) electrons. The van der Waals surface area contributed by atoms with Crippen molar-refractivity contribution in [3.63, 3.8) is 0 Å². The summed E-state index contributed by atoms with van der Waals surface area (Å²) in [6.07, 6.45) is 6.99. The SMILES string of the molecule is CCCNC(CSC1CCCC1)c1ccsc1. The lowest BCUT2D eigenvalue weighted by Gasteiger charge is -2.19.